The van der Waals surface area contributed by atoms with E-state index < -0.39 is 0 Å². The molecule has 0 unspecified atom stereocenters. The molecule has 2 nitrogen and oxygen atoms in total. The van der Waals surface area contributed by atoms with Crippen molar-refractivity contribution in [1.29, 1.82) is 0 Å². The highest BCUT2D eigenvalue weighted by molar-refractivity contribution is 6.32. The molecule has 0 aliphatic carbocycles. The van der Waals surface area contributed by atoms with Crippen LogP contribution in [0.2, 0.25) is 5.02 Å². The van der Waals surface area contributed by atoms with Gasteiger partial charge in [-0.1, -0.05) is 23.7 Å². The summed E-state index contributed by atoms with van der Waals surface area (Å²) >= 11 is 6.01. The van der Waals surface area contributed by atoms with Crippen molar-refractivity contribution in [3.05, 3.63) is 40.5 Å². The number of halogens is 1. The summed E-state index contributed by atoms with van der Waals surface area (Å²) in [6.45, 7) is 3.74. The molecule has 1 rings (SSSR count). The molecule has 74 valence electrons. The average Bonchev–Trinajstić information content (AvgIpc) is 2.09. The first kappa shape index (κ1) is 10.8. The molecule has 14 heavy (non-hydrogen) atoms. The van der Waals surface area contributed by atoms with Gasteiger partial charge in [-0.15, -0.1) is 0 Å². The standard InChI is InChI=1S/C11H13ClN2/c1-8-4-3-5-11(12)10(8)6-7-14-9(2)13/h3-7H,1-2H3,(H2,13,14)/b7-6+. The van der Waals surface area contributed by atoms with Crippen LogP contribution in [0, 0.1) is 6.92 Å². The summed E-state index contributed by atoms with van der Waals surface area (Å²) in [4.78, 5) is 3.96. The number of aryl methyl sites for hydroxylation is 1. The highest BCUT2D eigenvalue weighted by Crippen LogP contribution is 2.20. The minimum Gasteiger partial charge on any atom is -0.387 e. The molecule has 0 fully saturated rings. The van der Waals surface area contributed by atoms with Crippen molar-refractivity contribution >= 4 is 23.5 Å². The van der Waals surface area contributed by atoms with Crippen LogP contribution in [0.1, 0.15) is 18.1 Å². The second-order valence-electron chi connectivity index (χ2n) is 3.06. The van der Waals surface area contributed by atoms with Gasteiger partial charge in [-0.25, -0.2) is 4.99 Å². The minimum absolute atomic E-state index is 0.533. The SMILES string of the molecule is CC(N)=N/C=C/c1c(C)cccc1Cl. The van der Waals surface area contributed by atoms with E-state index in [-0.39, 0.29) is 0 Å². The van der Waals surface area contributed by atoms with Crippen LogP contribution >= 0.6 is 11.6 Å². The Kier molecular flexibility index (Phi) is 3.72. The molecule has 0 saturated carbocycles. The van der Waals surface area contributed by atoms with Gasteiger partial charge in [0.15, 0.2) is 0 Å². The van der Waals surface area contributed by atoms with Gasteiger partial charge in [0.05, 0.1) is 5.84 Å². The van der Waals surface area contributed by atoms with Gasteiger partial charge in [-0.2, -0.15) is 0 Å². The molecule has 1 aromatic carbocycles. The fourth-order valence-electron chi connectivity index (χ4n) is 1.09. The molecular weight excluding hydrogens is 196 g/mol. The van der Waals surface area contributed by atoms with Crippen LogP contribution in [0.25, 0.3) is 6.08 Å². The van der Waals surface area contributed by atoms with Crippen LogP contribution in [-0.2, 0) is 0 Å². The summed E-state index contributed by atoms with van der Waals surface area (Å²) < 4.78 is 0. The van der Waals surface area contributed by atoms with E-state index in [1.165, 1.54) is 0 Å². The Morgan fingerprint density at radius 2 is 2.21 bits per heavy atom. The monoisotopic (exact) mass is 208 g/mol. The summed E-state index contributed by atoms with van der Waals surface area (Å²) in [5.74, 6) is 0.533. The molecule has 0 atom stereocenters. The molecule has 0 spiro atoms. The van der Waals surface area contributed by atoms with Crippen LogP contribution in [0.5, 0.6) is 0 Å². The quantitative estimate of drug-likeness (QED) is 0.589. The van der Waals surface area contributed by atoms with E-state index in [0.717, 1.165) is 16.1 Å². The Balaban J connectivity index is 2.97. The molecule has 0 bridgehead atoms. The predicted octanol–water partition coefficient (Wildman–Crippen LogP) is 3.00. The molecule has 0 amide bonds. The van der Waals surface area contributed by atoms with Crippen molar-refractivity contribution in [3.8, 4) is 0 Å². The Labute approximate surface area is 89.1 Å². The second-order valence-corrected chi connectivity index (χ2v) is 3.46. The van der Waals surface area contributed by atoms with Crippen molar-refractivity contribution in [1.82, 2.24) is 0 Å². The first-order valence-corrected chi connectivity index (χ1v) is 4.70. The minimum atomic E-state index is 0.533. The maximum Gasteiger partial charge on any atom is 0.0957 e. The maximum absolute atomic E-state index is 6.01. The zero-order valence-corrected chi connectivity index (χ0v) is 9.05. The molecule has 0 radical (unpaired) electrons. The topological polar surface area (TPSA) is 38.4 Å². The highest BCUT2D eigenvalue weighted by atomic mass is 35.5. The van der Waals surface area contributed by atoms with E-state index in [1.54, 1.807) is 13.1 Å². The van der Waals surface area contributed by atoms with E-state index in [2.05, 4.69) is 4.99 Å². The molecule has 0 saturated heterocycles. The number of rotatable bonds is 2. The number of aliphatic imine (C=N–C) groups is 1. The summed E-state index contributed by atoms with van der Waals surface area (Å²) in [6, 6.07) is 5.78. The van der Waals surface area contributed by atoms with Crippen molar-refractivity contribution in [2.45, 2.75) is 13.8 Å². The van der Waals surface area contributed by atoms with E-state index in [1.807, 2.05) is 31.2 Å². The highest BCUT2D eigenvalue weighted by Gasteiger charge is 1.98. The lowest BCUT2D eigenvalue weighted by atomic mass is 10.1. The molecule has 2 N–H and O–H groups in total. The van der Waals surface area contributed by atoms with Gasteiger partial charge < -0.3 is 5.73 Å². The van der Waals surface area contributed by atoms with Crippen molar-refractivity contribution in [3.63, 3.8) is 0 Å². The lowest BCUT2D eigenvalue weighted by molar-refractivity contribution is 1.43. The summed E-state index contributed by atoms with van der Waals surface area (Å²) in [6.07, 6.45) is 3.51. The summed E-state index contributed by atoms with van der Waals surface area (Å²) in [7, 11) is 0. The van der Waals surface area contributed by atoms with Crippen molar-refractivity contribution in [2.75, 3.05) is 0 Å². The summed E-state index contributed by atoms with van der Waals surface area (Å²) in [5, 5.41) is 0.728. The molecule has 0 aliphatic rings. The third-order valence-electron chi connectivity index (χ3n) is 1.79. The lowest BCUT2D eigenvalue weighted by Crippen LogP contribution is -2.03. The van der Waals surface area contributed by atoms with Gasteiger partial charge in [-0.3, -0.25) is 0 Å². The van der Waals surface area contributed by atoms with Crippen molar-refractivity contribution < 1.29 is 0 Å². The Morgan fingerprint density at radius 1 is 1.50 bits per heavy atom. The zero-order chi connectivity index (χ0) is 10.6. The van der Waals surface area contributed by atoms with Gasteiger partial charge >= 0.3 is 0 Å². The molecule has 3 heteroatoms. The van der Waals surface area contributed by atoms with Gasteiger partial charge in [0, 0.05) is 11.2 Å². The molecule has 1 aromatic rings. The number of benzene rings is 1. The van der Waals surface area contributed by atoms with Crippen LogP contribution in [0.4, 0.5) is 0 Å². The van der Waals surface area contributed by atoms with E-state index in [0.29, 0.717) is 5.84 Å². The Morgan fingerprint density at radius 3 is 2.79 bits per heavy atom. The molecular formula is C11H13ClN2. The van der Waals surface area contributed by atoms with Crippen LogP contribution < -0.4 is 5.73 Å². The van der Waals surface area contributed by atoms with Gasteiger partial charge in [-0.05, 0) is 37.1 Å². The molecule has 0 heterocycles. The van der Waals surface area contributed by atoms with Gasteiger partial charge in [0.2, 0.25) is 0 Å². The number of hydrogen-bond acceptors (Lipinski definition) is 1. The van der Waals surface area contributed by atoms with Crippen molar-refractivity contribution in [2.24, 2.45) is 10.7 Å². The molecule has 0 aromatic heterocycles. The van der Waals surface area contributed by atoms with Crippen LogP contribution in [0.3, 0.4) is 0 Å². The Hall–Kier alpha value is -1.28. The number of hydrogen-bond donors (Lipinski definition) is 1. The smallest absolute Gasteiger partial charge is 0.0957 e. The van der Waals surface area contributed by atoms with Crippen LogP contribution in [-0.4, -0.2) is 5.84 Å². The zero-order valence-electron chi connectivity index (χ0n) is 8.29. The van der Waals surface area contributed by atoms with Gasteiger partial charge in [0.25, 0.3) is 0 Å². The second kappa shape index (κ2) is 4.82. The van der Waals surface area contributed by atoms with E-state index in [9.17, 15) is 0 Å². The third-order valence-corrected chi connectivity index (χ3v) is 2.12. The largest absolute Gasteiger partial charge is 0.387 e. The van der Waals surface area contributed by atoms with E-state index >= 15 is 0 Å². The van der Waals surface area contributed by atoms with Crippen LogP contribution in [0.15, 0.2) is 29.4 Å². The van der Waals surface area contributed by atoms with Gasteiger partial charge in [0.1, 0.15) is 0 Å². The predicted molar refractivity (Wildman–Crippen MR) is 62.5 cm³/mol. The van der Waals surface area contributed by atoms with E-state index in [4.69, 9.17) is 17.3 Å². The fourth-order valence-corrected chi connectivity index (χ4v) is 1.37. The first-order chi connectivity index (χ1) is 6.61. The number of amidine groups is 1. The summed E-state index contributed by atoms with van der Waals surface area (Å²) in [5.41, 5.74) is 7.51. The lowest BCUT2D eigenvalue weighted by Gasteiger charge is -2.01. The number of nitrogens with zero attached hydrogens (tertiary/aromatic N) is 1. The molecule has 0 aliphatic heterocycles. The normalized spacial score (nSPS) is 12.4. The fraction of sp³-hybridized carbons (Fsp3) is 0.182. The first-order valence-electron chi connectivity index (χ1n) is 4.33. The Bertz CT molecular complexity index is 357. The maximum atomic E-state index is 6.01. The third kappa shape index (κ3) is 2.89. The average molecular weight is 209 g/mol. The number of nitrogens with two attached hydrogens (primary N) is 1.